The van der Waals surface area contributed by atoms with Gasteiger partial charge in [-0.15, -0.1) is 0 Å². The van der Waals surface area contributed by atoms with Gasteiger partial charge in [-0.2, -0.15) is 0 Å². The number of methoxy groups -OCH3 is 1. The van der Waals surface area contributed by atoms with E-state index in [4.69, 9.17) is 9.47 Å². The highest BCUT2D eigenvalue weighted by Gasteiger charge is 2.25. The lowest BCUT2D eigenvalue weighted by molar-refractivity contribution is 0.129. The summed E-state index contributed by atoms with van der Waals surface area (Å²) in [6.07, 6.45) is 4.39. The molecule has 1 aliphatic rings. The van der Waals surface area contributed by atoms with Gasteiger partial charge >= 0.3 is 0 Å². The van der Waals surface area contributed by atoms with Crippen molar-refractivity contribution >= 4 is 11.6 Å². The second-order valence-corrected chi connectivity index (χ2v) is 6.57. The van der Waals surface area contributed by atoms with Gasteiger partial charge in [0.1, 0.15) is 5.75 Å². The zero-order valence-electron chi connectivity index (χ0n) is 16.5. The average Bonchev–Trinajstić information content (AvgIpc) is 3.14. The number of rotatable bonds is 10. The minimum atomic E-state index is 0.381. The molecule has 1 aromatic carbocycles. The van der Waals surface area contributed by atoms with E-state index in [2.05, 4.69) is 39.6 Å². The number of nitrogens with zero attached hydrogens (tertiary/aromatic N) is 2. The van der Waals surface area contributed by atoms with Crippen LogP contribution >= 0.6 is 0 Å². The maximum absolute atomic E-state index is 5.59. The molecule has 1 aromatic rings. The molecule has 6 heteroatoms. The molecule has 1 heterocycles. The Balaban J connectivity index is 1.71. The first-order chi connectivity index (χ1) is 12.8. The molecule has 1 unspecified atom stereocenters. The Morgan fingerprint density at radius 2 is 2.08 bits per heavy atom. The predicted octanol–water partition coefficient (Wildman–Crippen LogP) is 2.65. The van der Waals surface area contributed by atoms with E-state index < -0.39 is 0 Å². The molecule has 146 valence electrons. The predicted molar refractivity (Wildman–Crippen MR) is 108 cm³/mol. The molecule has 26 heavy (non-hydrogen) atoms. The number of benzene rings is 1. The van der Waals surface area contributed by atoms with Crippen molar-refractivity contribution in [3.8, 4) is 5.75 Å². The summed E-state index contributed by atoms with van der Waals surface area (Å²) in [6, 6.07) is 8.58. The molecule has 0 spiro atoms. The fourth-order valence-corrected chi connectivity index (χ4v) is 3.11. The van der Waals surface area contributed by atoms with Gasteiger partial charge in [-0.3, -0.25) is 4.99 Å². The molecule has 2 N–H and O–H groups in total. The molecular formula is C20H34N4O2. The minimum Gasteiger partial charge on any atom is -0.495 e. The molecular weight excluding hydrogens is 328 g/mol. The van der Waals surface area contributed by atoms with Crippen molar-refractivity contribution in [1.82, 2.24) is 10.6 Å². The number of anilines is 1. The Hall–Kier alpha value is -1.95. The number of para-hydroxylation sites is 2. The van der Waals surface area contributed by atoms with Crippen LogP contribution in [0.2, 0.25) is 0 Å². The summed E-state index contributed by atoms with van der Waals surface area (Å²) in [5, 5.41) is 6.91. The van der Waals surface area contributed by atoms with Crippen molar-refractivity contribution in [2.24, 2.45) is 4.99 Å². The number of unbranched alkanes of at least 4 members (excludes halogenated alkanes) is 1. The molecule has 0 saturated carbocycles. The normalized spacial score (nSPS) is 17.4. The number of aliphatic imine (C=N–C) groups is 1. The molecule has 1 saturated heterocycles. The summed E-state index contributed by atoms with van der Waals surface area (Å²) in [7, 11) is 3.54. The lowest BCUT2D eigenvalue weighted by Crippen LogP contribution is -2.45. The smallest absolute Gasteiger partial charge is 0.191 e. The fourth-order valence-electron chi connectivity index (χ4n) is 3.11. The highest BCUT2D eigenvalue weighted by atomic mass is 16.5. The maximum Gasteiger partial charge on any atom is 0.191 e. The Bertz CT molecular complexity index is 550. The van der Waals surface area contributed by atoms with E-state index in [1.165, 1.54) is 6.42 Å². The van der Waals surface area contributed by atoms with Crippen LogP contribution in [0.3, 0.4) is 0 Å². The topological polar surface area (TPSA) is 58.1 Å². The van der Waals surface area contributed by atoms with Crippen LogP contribution in [0.4, 0.5) is 5.69 Å². The van der Waals surface area contributed by atoms with E-state index in [0.717, 1.165) is 69.5 Å². The zero-order chi connectivity index (χ0) is 18.6. The first-order valence-corrected chi connectivity index (χ1v) is 9.71. The Kier molecular flexibility index (Phi) is 9.10. The number of guanidine groups is 1. The number of hydrogen-bond donors (Lipinski definition) is 2. The van der Waals surface area contributed by atoms with Crippen molar-refractivity contribution in [1.29, 1.82) is 0 Å². The Morgan fingerprint density at radius 1 is 1.27 bits per heavy atom. The van der Waals surface area contributed by atoms with Crippen molar-refractivity contribution in [3.05, 3.63) is 24.3 Å². The summed E-state index contributed by atoms with van der Waals surface area (Å²) in [4.78, 5) is 6.71. The standard InChI is InChI=1S/C20H34N4O2/c1-4-5-14-26-15-8-12-22-20(21-2)23-17-11-13-24(16-17)18-9-6-7-10-19(18)25-3/h6-7,9-10,17H,4-5,8,11-16H2,1-3H3,(H2,21,22,23). The molecule has 1 atom stereocenters. The van der Waals surface area contributed by atoms with E-state index in [9.17, 15) is 0 Å². The second kappa shape index (κ2) is 11.6. The van der Waals surface area contributed by atoms with E-state index in [1.54, 1.807) is 7.11 Å². The van der Waals surface area contributed by atoms with E-state index in [1.807, 2.05) is 19.2 Å². The largest absolute Gasteiger partial charge is 0.495 e. The second-order valence-electron chi connectivity index (χ2n) is 6.57. The van der Waals surface area contributed by atoms with Crippen LogP contribution in [0.1, 0.15) is 32.6 Å². The van der Waals surface area contributed by atoms with Gasteiger partial charge in [0.05, 0.1) is 12.8 Å². The quantitative estimate of drug-likeness (QED) is 0.381. The third-order valence-electron chi connectivity index (χ3n) is 4.58. The van der Waals surface area contributed by atoms with Crippen molar-refractivity contribution in [3.63, 3.8) is 0 Å². The number of hydrogen-bond acceptors (Lipinski definition) is 4. The monoisotopic (exact) mass is 362 g/mol. The molecule has 6 nitrogen and oxygen atoms in total. The van der Waals surface area contributed by atoms with Gasteiger partial charge in [0.15, 0.2) is 5.96 Å². The summed E-state index contributed by atoms with van der Waals surface area (Å²) in [5.74, 6) is 1.80. The molecule has 0 aliphatic carbocycles. The summed E-state index contributed by atoms with van der Waals surface area (Å²) in [5.41, 5.74) is 1.16. The molecule has 0 radical (unpaired) electrons. The zero-order valence-corrected chi connectivity index (χ0v) is 16.5. The highest BCUT2D eigenvalue weighted by Crippen LogP contribution is 2.30. The number of nitrogens with one attached hydrogen (secondary N) is 2. The van der Waals surface area contributed by atoms with Crippen molar-refractivity contribution < 1.29 is 9.47 Å². The van der Waals surface area contributed by atoms with E-state index in [0.29, 0.717) is 6.04 Å². The third kappa shape index (κ3) is 6.41. The van der Waals surface area contributed by atoms with Crippen LogP contribution in [-0.2, 0) is 4.74 Å². The maximum atomic E-state index is 5.59. The van der Waals surface area contributed by atoms with Crippen LogP contribution in [0.5, 0.6) is 5.75 Å². The average molecular weight is 363 g/mol. The minimum absolute atomic E-state index is 0.381. The molecule has 0 aromatic heterocycles. The molecule has 1 aliphatic heterocycles. The SMILES string of the molecule is CCCCOCCCNC(=NC)NC1CCN(c2ccccc2OC)C1. The Labute approximate surface area is 158 Å². The van der Waals surface area contributed by atoms with E-state index >= 15 is 0 Å². The third-order valence-corrected chi connectivity index (χ3v) is 4.58. The van der Waals surface area contributed by atoms with Crippen molar-refractivity contribution in [2.45, 2.75) is 38.6 Å². The molecule has 0 bridgehead atoms. The summed E-state index contributed by atoms with van der Waals surface area (Å²) < 4.78 is 11.1. The van der Waals surface area contributed by atoms with E-state index in [-0.39, 0.29) is 0 Å². The van der Waals surface area contributed by atoms with Crippen molar-refractivity contribution in [2.75, 3.05) is 51.9 Å². The molecule has 1 fully saturated rings. The molecule has 0 amide bonds. The summed E-state index contributed by atoms with van der Waals surface area (Å²) >= 11 is 0. The first kappa shape index (κ1) is 20.4. The van der Waals surface area contributed by atoms with Crippen LogP contribution in [0, 0.1) is 0 Å². The first-order valence-electron chi connectivity index (χ1n) is 9.71. The van der Waals surface area contributed by atoms with Gasteiger partial charge in [-0.1, -0.05) is 25.5 Å². The van der Waals surface area contributed by atoms with Gasteiger partial charge in [-0.05, 0) is 31.4 Å². The van der Waals surface area contributed by atoms with Crippen LogP contribution in [-0.4, -0.2) is 59.0 Å². The lowest BCUT2D eigenvalue weighted by Gasteiger charge is -2.22. The fraction of sp³-hybridized carbons (Fsp3) is 0.650. The highest BCUT2D eigenvalue weighted by molar-refractivity contribution is 5.80. The lowest BCUT2D eigenvalue weighted by atomic mass is 10.2. The number of ether oxygens (including phenoxy) is 2. The van der Waals surface area contributed by atoms with Gasteiger partial charge in [0.2, 0.25) is 0 Å². The Morgan fingerprint density at radius 3 is 2.85 bits per heavy atom. The summed E-state index contributed by atoms with van der Waals surface area (Å²) in [6.45, 7) is 6.67. The van der Waals surface area contributed by atoms with Crippen LogP contribution < -0.4 is 20.3 Å². The van der Waals surface area contributed by atoms with Gasteiger partial charge in [0.25, 0.3) is 0 Å². The van der Waals surface area contributed by atoms with Crippen LogP contribution in [0.25, 0.3) is 0 Å². The van der Waals surface area contributed by atoms with Gasteiger partial charge < -0.3 is 25.0 Å². The molecule has 2 rings (SSSR count). The van der Waals surface area contributed by atoms with Gasteiger partial charge in [-0.25, -0.2) is 0 Å². The van der Waals surface area contributed by atoms with Crippen LogP contribution in [0.15, 0.2) is 29.3 Å². The van der Waals surface area contributed by atoms with Gasteiger partial charge in [0, 0.05) is 45.9 Å².